The van der Waals surface area contributed by atoms with Gasteiger partial charge >= 0.3 is 0 Å². The van der Waals surface area contributed by atoms with E-state index in [-0.39, 0.29) is 6.10 Å². The van der Waals surface area contributed by atoms with Crippen LogP contribution in [0.3, 0.4) is 0 Å². The highest BCUT2D eigenvalue weighted by molar-refractivity contribution is 4.68. The Labute approximate surface area is 115 Å². The Hall–Kier alpha value is -0.240. The van der Waals surface area contributed by atoms with Crippen LogP contribution in [0.5, 0.6) is 0 Å². The maximum Gasteiger partial charge on any atom is 0.0911 e. The molecule has 2 atom stereocenters. The van der Waals surface area contributed by atoms with E-state index in [1.807, 2.05) is 0 Å². The second-order valence-electron chi connectivity index (χ2n) is 5.48. The minimum atomic E-state index is -0.457. The fraction of sp³-hybridized carbons (Fsp3) is 1.00. The van der Waals surface area contributed by atoms with E-state index < -0.39 is 6.10 Å². The lowest BCUT2D eigenvalue weighted by Gasteiger charge is -2.33. The van der Waals surface area contributed by atoms with Gasteiger partial charge in [0.2, 0.25) is 0 Å². The van der Waals surface area contributed by atoms with Crippen molar-refractivity contribution in [3.63, 3.8) is 0 Å². The van der Waals surface area contributed by atoms with Crippen molar-refractivity contribution in [3.05, 3.63) is 0 Å². The molecule has 0 aromatic heterocycles. The third-order valence-electron chi connectivity index (χ3n) is 3.69. The maximum absolute atomic E-state index is 9.84. The minimum Gasteiger partial charge on any atom is -0.389 e. The van der Waals surface area contributed by atoms with Gasteiger partial charge in [-0.3, -0.25) is 5.43 Å². The van der Waals surface area contributed by atoms with Gasteiger partial charge in [0.1, 0.15) is 0 Å². The number of hydrazine groups is 1. The van der Waals surface area contributed by atoms with Gasteiger partial charge in [0.25, 0.3) is 0 Å². The second kappa shape index (κ2) is 8.14. The minimum absolute atomic E-state index is 0.234. The van der Waals surface area contributed by atoms with E-state index in [1.165, 1.54) is 0 Å². The highest BCUT2D eigenvalue weighted by atomic mass is 16.5. The molecule has 2 N–H and O–H groups in total. The quantitative estimate of drug-likeness (QED) is 0.639. The lowest BCUT2D eigenvalue weighted by Crippen LogP contribution is -2.52. The van der Waals surface area contributed by atoms with Crippen LogP contribution in [0.4, 0.5) is 0 Å². The van der Waals surface area contributed by atoms with Gasteiger partial charge in [0.05, 0.1) is 25.4 Å². The molecule has 0 aromatic rings. The number of aliphatic hydroxyl groups excluding tert-OH is 1. The van der Waals surface area contributed by atoms with E-state index in [0.717, 1.165) is 45.6 Å². The summed E-state index contributed by atoms with van der Waals surface area (Å²) in [5.41, 5.74) is 3.27. The normalized spacial score (nSPS) is 27.8. The molecule has 2 aliphatic rings. The average molecular weight is 273 g/mol. The van der Waals surface area contributed by atoms with Crippen LogP contribution in [0.25, 0.3) is 0 Å². The second-order valence-corrected chi connectivity index (χ2v) is 5.48. The number of hydrogen-bond donors (Lipinski definition) is 2. The van der Waals surface area contributed by atoms with Crippen molar-refractivity contribution in [1.82, 2.24) is 15.3 Å². The van der Waals surface area contributed by atoms with Gasteiger partial charge in [0, 0.05) is 39.3 Å². The summed E-state index contributed by atoms with van der Waals surface area (Å²) in [4.78, 5) is 2.30. The van der Waals surface area contributed by atoms with Gasteiger partial charge in [0.15, 0.2) is 0 Å². The van der Waals surface area contributed by atoms with Crippen LogP contribution in [0.1, 0.15) is 12.8 Å². The van der Waals surface area contributed by atoms with Crippen LogP contribution < -0.4 is 5.43 Å². The van der Waals surface area contributed by atoms with Gasteiger partial charge in [-0.1, -0.05) is 0 Å². The van der Waals surface area contributed by atoms with E-state index in [2.05, 4.69) is 22.4 Å². The summed E-state index contributed by atoms with van der Waals surface area (Å²) in [7, 11) is 2.13. The van der Waals surface area contributed by atoms with Crippen molar-refractivity contribution in [1.29, 1.82) is 0 Å². The van der Waals surface area contributed by atoms with Crippen LogP contribution in [-0.4, -0.2) is 86.8 Å². The molecule has 19 heavy (non-hydrogen) atoms. The van der Waals surface area contributed by atoms with Gasteiger partial charge in [-0.05, 0) is 19.9 Å². The standard InChI is InChI=1S/C13H27N3O3/c1-15-4-6-16(7-5-15)14-9-12(17)10-18-11-13-3-2-8-19-13/h12-14,17H,2-11H2,1H3. The Bertz CT molecular complexity index is 241. The zero-order valence-electron chi connectivity index (χ0n) is 11.9. The molecule has 6 nitrogen and oxygen atoms in total. The summed E-state index contributed by atoms with van der Waals surface area (Å²) >= 11 is 0. The first-order valence-electron chi connectivity index (χ1n) is 7.28. The zero-order valence-corrected chi connectivity index (χ0v) is 11.9. The van der Waals surface area contributed by atoms with Gasteiger partial charge in [-0.25, -0.2) is 5.01 Å². The fourth-order valence-corrected chi connectivity index (χ4v) is 2.37. The lowest BCUT2D eigenvalue weighted by molar-refractivity contribution is -0.0229. The molecule has 112 valence electrons. The fourth-order valence-electron chi connectivity index (χ4n) is 2.37. The molecule has 0 spiro atoms. The molecule has 0 amide bonds. The van der Waals surface area contributed by atoms with E-state index in [0.29, 0.717) is 19.8 Å². The first-order valence-corrected chi connectivity index (χ1v) is 7.28. The Kier molecular flexibility index (Phi) is 6.49. The first kappa shape index (κ1) is 15.2. The van der Waals surface area contributed by atoms with Crippen LogP contribution in [0, 0.1) is 0 Å². The van der Waals surface area contributed by atoms with Gasteiger partial charge in [-0.15, -0.1) is 0 Å². The molecule has 0 aromatic carbocycles. The predicted octanol–water partition coefficient (Wildman–Crippen LogP) is -0.705. The van der Waals surface area contributed by atoms with Crippen LogP contribution in [0.2, 0.25) is 0 Å². The number of hydrogen-bond acceptors (Lipinski definition) is 6. The van der Waals surface area contributed by atoms with Crippen molar-refractivity contribution >= 4 is 0 Å². The summed E-state index contributed by atoms with van der Waals surface area (Å²) in [5.74, 6) is 0. The molecule has 0 bridgehead atoms. The van der Waals surface area contributed by atoms with Gasteiger partial charge < -0.3 is 19.5 Å². The maximum atomic E-state index is 9.84. The van der Waals surface area contributed by atoms with Crippen molar-refractivity contribution in [3.8, 4) is 0 Å². The van der Waals surface area contributed by atoms with Crippen LogP contribution in [0.15, 0.2) is 0 Å². The summed E-state index contributed by atoms with van der Waals surface area (Å²) < 4.78 is 11.0. The van der Waals surface area contributed by atoms with Crippen molar-refractivity contribution in [2.24, 2.45) is 0 Å². The molecular weight excluding hydrogens is 246 g/mol. The molecule has 2 unspecified atom stereocenters. The summed E-state index contributed by atoms with van der Waals surface area (Å²) in [6, 6.07) is 0. The molecular formula is C13H27N3O3. The van der Waals surface area contributed by atoms with E-state index in [4.69, 9.17) is 9.47 Å². The summed E-state index contributed by atoms with van der Waals surface area (Å²) in [5, 5.41) is 12.0. The average Bonchev–Trinajstić information content (AvgIpc) is 2.91. The van der Waals surface area contributed by atoms with Crippen LogP contribution >= 0.6 is 0 Å². The Morgan fingerprint density at radius 1 is 1.37 bits per heavy atom. The lowest BCUT2D eigenvalue weighted by atomic mass is 10.2. The smallest absolute Gasteiger partial charge is 0.0911 e. The number of piperazine rings is 1. The molecule has 2 aliphatic heterocycles. The Balaban J connectivity index is 1.48. The van der Waals surface area contributed by atoms with E-state index >= 15 is 0 Å². The number of nitrogens with zero attached hydrogens (tertiary/aromatic N) is 2. The first-order chi connectivity index (χ1) is 9.24. The number of likely N-dealkylation sites (N-methyl/N-ethyl adjacent to an activating group) is 1. The van der Waals surface area contributed by atoms with Crippen LogP contribution in [-0.2, 0) is 9.47 Å². The van der Waals surface area contributed by atoms with Crippen molar-refractivity contribution in [2.45, 2.75) is 25.0 Å². The molecule has 2 rings (SSSR count). The third-order valence-corrected chi connectivity index (χ3v) is 3.69. The molecule has 2 fully saturated rings. The molecule has 2 heterocycles. The number of nitrogens with one attached hydrogen (secondary N) is 1. The van der Waals surface area contributed by atoms with Crippen molar-refractivity contribution in [2.75, 3.05) is 59.6 Å². The SMILES string of the molecule is CN1CCN(NCC(O)COCC2CCCO2)CC1. The van der Waals surface area contributed by atoms with E-state index in [1.54, 1.807) is 0 Å². The largest absolute Gasteiger partial charge is 0.389 e. The summed E-state index contributed by atoms with van der Waals surface area (Å²) in [6.07, 6.45) is 1.98. The molecule has 6 heteroatoms. The monoisotopic (exact) mass is 273 g/mol. The molecule has 2 saturated heterocycles. The number of aliphatic hydroxyl groups is 1. The highest BCUT2D eigenvalue weighted by Crippen LogP contribution is 2.11. The Morgan fingerprint density at radius 2 is 2.16 bits per heavy atom. The third kappa shape index (κ3) is 5.72. The molecule has 0 saturated carbocycles. The molecule has 0 radical (unpaired) electrons. The van der Waals surface area contributed by atoms with E-state index in [9.17, 15) is 5.11 Å². The number of rotatable bonds is 7. The Morgan fingerprint density at radius 3 is 2.84 bits per heavy atom. The zero-order chi connectivity index (χ0) is 13.5. The highest BCUT2D eigenvalue weighted by Gasteiger charge is 2.17. The number of ether oxygens (including phenoxy) is 2. The molecule has 0 aliphatic carbocycles. The van der Waals surface area contributed by atoms with Crippen molar-refractivity contribution < 1.29 is 14.6 Å². The summed E-state index contributed by atoms with van der Waals surface area (Å²) in [6.45, 7) is 6.51. The topological polar surface area (TPSA) is 57.2 Å². The predicted molar refractivity (Wildman–Crippen MR) is 72.9 cm³/mol. The van der Waals surface area contributed by atoms with Gasteiger partial charge in [-0.2, -0.15) is 0 Å².